The predicted octanol–water partition coefficient (Wildman–Crippen LogP) is 0.709. The van der Waals surface area contributed by atoms with Gasteiger partial charge in [0.15, 0.2) is 0 Å². The second kappa shape index (κ2) is 3.35. The van der Waals surface area contributed by atoms with E-state index in [2.05, 4.69) is 19.0 Å². The molecule has 0 radical (unpaired) electrons. The van der Waals surface area contributed by atoms with Crippen molar-refractivity contribution in [2.75, 3.05) is 20.7 Å². The van der Waals surface area contributed by atoms with Crippen LogP contribution >= 0.6 is 0 Å². The van der Waals surface area contributed by atoms with Crippen LogP contribution in [-0.2, 0) is 0 Å². The molecular formula is C8H17NO. The third kappa shape index (κ3) is 1.70. The van der Waals surface area contributed by atoms with Crippen molar-refractivity contribution in [2.45, 2.75) is 25.3 Å². The molecule has 10 heavy (non-hydrogen) atoms. The van der Waals surface area contributed by atoms with E-state index >= 15 is 0 Å². The maximum atomic E-state index is 8.85. The van der Waals surface area contributed by atoms with Crippen LogP contribution in [0.1, 0.15) is 19.3 Å². The summed E-state index contributed by atoms with van der Waals surface area (Å²) in [5.41, 5.74) is 0. The van der Waals surface area contributed by atoms with Crippen LogP contribution < -0.4 is 0 Å². The van der Waals surface area contributed by atoms with E-state index < -0.39 is 0 Å². The van der Waals surface area contributed by atoms with E-state index in [-0.39, 0.29) is 0 Å². The first-order chi connectivity index (χ1) is 4.74. The number of hydrogen-bond donors (Lipinski definition) is 1. The number of hydrogen-bond acceptors (Lipinski definition) is 2. The van der Waals surface area contributed by atoms with Gasteiger partial charge in [0, 0.05) is 12.6 Å². The Kier molecular flexibility index (Phi) is 2.69. The van der Waals surface area contributed by atoms with Gasteiger partial charge in [0.2, 0.25) is 0 Å². The molecule has 0 aromatic rings. The lowest BCUT2D eigenvalue weighted by molar-refractivity contribution is 0.216. The van der Waals surface area contributed by atoms with Crippen molar-refractivity contribution in [3.05, 3.63) is 0 Å². The van der Waals surface area contributed by atoms with E-state index in [9.17, 15) is 0 Å². The average Bonchev–Trinajstić information content (AvgIpc) is 2.34. The van der Waals surface area contributed by atoms with Gasteiger partial charge in [0.05, 0.1) is 0 Å². The summed E-state index contributed by atoms with van der Waals surface area (Å²) < 4.78 is 0. The monoisotopic (exact) mass is 143 g/mol. The zero-order valence-electron chi connectivity index (χ0n) is 6.88. The van der Waals surface area contributed by atoms with Crippen LogP contribution in [0, 0.1) is 5.92 Å². The normalized spacial score (nSPS) is 33.6. The fourth-order valence-corrected chi connectivity index (χ4v) is 1.68. The SMILES string of the molecule is CN(C)[C@@H]1CC[C@H](CO)C1. The molecule has 0 aromatic heterocycles. The fourth-order valence-electron chi connectivity index (χ4n) is 1.68. The van der Waals surface area contributed by atoms with Crippen LogP contribution in [0.5, 0.6) is 0 Å². The van der Waals surface area contributed by atoms with Crippen molar-refractivity contribution in [1.29, 1.82) is 0 Å². The van der Waals surface area contributed by atoms with Gasteiger partial charge >= 0.3 is 0 Å². The third-order valence-electron chi connectivity index (χ3n) is 2.50. The highest BCUT2D eigenvalue weighted by molar-refractivity contribution is 4.79. The highest BCUT2D eigenvalue weighted by atomic mass is 16.3. The largest absolute Gasteiger partial charge is 0.396 e. The standard InChI is InChI=1S/C8H17NO/c1-9(2)8-4-3-7(5-8)6-10/h7-8,10H,3-6H2,1-2H3/t7-,8+/m0/s1. The molecule has 0 bridgehead atoms. The Morgan fingerprint density at radius 2 is 2.10 bits per heavy atom. The van der Waals surface area contributed by atoms with Crippen molar-refractivity contribution >= 4 is 0 Å². The lowest BCUT2D eigenvalue weighted by Crippen LogP contribution is -2.25. The Labute approximate surface area is 62.8 Å². The summed E-state index contributed by atoms with van der Waals surface area (Å²) >= 11 is 0. The zero-order valence-corrected chi connectivity index (χ0v) is 6.88. The Morgan fingerprint density at radius 1 is 1.40 bits per heavy atom. The summed E-state index contributed by atoms with van der Waals surface area (Å²) in [6, 6.07) is 0.720. The van der Waals surface area contributed by atoms with Crippen LogP contribution in [0.4, 0.5) is 0 Å². The van der Waals surface area contributed by atoms with Crippen molar-refractivity contribution in [1.82, 2.24) is 4.90 Å². The summed E-state index contributed by atoms with van der Waals surface area (Å²) in [4.78, 5) is 2.26. The minimum absolute atomic E-state index is 0.379. The molecule has 0 unspecified atom stereocenters. The molecule has 0 heterocycles. The first-order valence-electron chi connectivity index (χ1n) is 4.01. The molecule has 0 spiro atoms. The Hall–Kier alpha value is -0.0800. The van der Waals surface area contributed by atoms with E-state index in [4.69, 9.17) is 5.11 Å². The molecule has 2 heteroatoms. The van der Waals surface area contributed by atoms with Crippen LogP contribution in [0.25, 0.3) is 0 Å². The highest BCUT2D eigenvalue weighted by Crippen LogP contribution is 2.27. The number of aliphatic hydroxyl groups excluding tert-OH is 1. The molecular weight excluding hydrogens is 126 g/mol. The van der Waals surface area contributed by atoms with E-state index in [0.29, 0.717) is 12.5 Å². The molecule has 1 N–H and O–H groups in total. The van der Waals surface area contributed by atoms with Gasteiger partial charge in [-0.3, -0.25) is 0 Å². The minimum atomic E-state index is 0.379. The summed E-state index contributed by atoms with van der Waals surface area (Å²) in [5, 5.41) is 8.85. The summed E-state index contributed by atoms with van der Waals surface area (Å²) in [6.45, 7) is 0.379. The maximum Gasteiger partial charge on any atom is 0.0459 e. The minimum Gasteiger partial charge on any atom is -0.396 e. The molecule has 0 aliphatic heterocycles. The topological polar surface area (TPSA) is 23.5 Å². The van der Waals surface area contributed by atoms with E-state index in [0.717, 1.165) is 6.04 Å². The molecule has 1 fully saturated rings. The number of nitrogens with zero attached hydrogens (tertiary/aromatic N) is 1. The van der Waals surface area contributed by atoms with Gasteiger partial charge in [-0.05, 0) is 39.3 Å². The molecule has 1 aliphatic carbocycles. The Bertz CT molecular complexity index is 103. The van der Waals surface area contributed by atoms with Gasteiger partial charge in [-0.1, -0.05) is 0 Å². The lowest BCUT2D eigenvalue weighted by atomic mass is 10.1. The second-order valence-electron chi connectivity index (χ2n) is 3.48. The summed E-state index contributed by atoms with van der Waals surface area (Å²) in [6.07, 6.45) is 3.65. The molecule has 0 saturated heterocycles. The first kappa shape index (κ1) is 8.02. The van der Waals surface area contributed by atoms with Crippen molar-refractivity contribution < 1.29 is 5.11 Å². The van der Waals surface area contributed by atoms with Gasteiger partial charge in [0.1, 0.15) is 0 Å². The van der Waals surface area contributed by atoms with Crippen molar-refractivity contribution in [2.24, 2.45) is 5.92 Å². The molecule has 60 valence electrons. The first-order valence-corrected chi connectivity index (χ1v) is 4.01. The van der Waals surface area contributed by atoms with Gasteiger partial charge < -0.3 is 10.0 Å². The Morgan fingerprint density at radius 3 is 2.40 bits per heavy atom. The molecule has 2 nitrogen and oxygen atoms in total. The van der Waals surface area contributed by atoms with Crippen LogP contribution in [-0.4, -0.2) is 36.8 Å². The molecule has 1 rings (SSSR count). The molecule has 1 saturated carbocycles. The third-order valence-corrected chi connectivity index (χ3v) is 2.50. The van der Waals surface area contributed by atoms with E-state index in [1.54, 1.807) is 0 Å². The summed E-state index contributed by atoms with van der Waals surface area (Å²) in [5.74, 6) is 0.576. The van der Waals surface area contributed by atoms with E-state index in [1.807, 2.05) is 0 Å². The number of rotatable bonds is 2. The van der Waals surface area contributed by atoms with Crippen LogP contribution in [0.2, 0.25) is 0 Å². The molecule has 0 amide bonds. The summed E-state index contributed by atoms with van der Waals surface area (Å²) in [7, 11) is 4.23. The number of aliphatic hydroxyl groups is 1. The second-order valence-corrected chi connectivity index (χ2v) is 3.48. The predicted molar refractivity (Wildman–Crippen MR) is 41.9 cm³/mol. The van der Waals surface area contributed by atoms with Gasteiger partial charge in [-0.15, -0.1) is 0 Å². The molecule has 0 aromatic carbocycles. The van der Waals surface area contributed by atoms with Crippen LogP contribution in [0.15, 0.2) is 0 Å². The Balaban J connectivity index is 2.28. The molecule has 1 aliphatic rings. The van der Waals surface area contributed by atoms with E-state index in [1.165, 1.54) is 19.3 Å². The zero-order chi connectivity index (χ0) is 7.56. The van der Waals surface area contributed by atoms with Crippen molar-refractivity contribution in [3.63, 3.8) is 0 Å². The van der Waals surface area contributed by atoms with Gasteiger partial charge in [-0.2, -0.15) is 0 Å². The van der Waals surface area contributed by atoms with Gasteiger partial charge in [0.25, 0.3) is 0 Å². The lowest BCUT2D eigenvalue weighted by Gasteiger charge is -2.18. The quantitative estimate of drug-likeness (QED) is 0.615. The highest BCUT2D eigenvalue weighted by Gasteiger charge is 2.24. The smallest absolute Gasteiger partial charge is 0.0459 e. The molecule has 2 atom stereocenters. The van der Waals surface area contributed by atoms with Crippen molar-refractivity contribution in [3.8, 4) is 0 Å². The van der Waals surface area contributed by atoms with Gasteiger partial charge in [-0.25, -0.2) is 0 Å². The van der Waals surface area contributed by atoms with Crippen LogP contribution in [0.3, 0.4) is 0 Å². The maximum absolute atomic E-state index is 8.85. The fraction of sp³-hybridized carbons (Fsp3) is 1.00. The average molecular weight is 143 g/mol.